The van der Waals surface area contributed by atoms with Crippen LogP contribution in [-0.4, -0.2) is 50.1 Å². The predicted octanol–water partition coefficient (Wildman–Crippen LogP) is 4.23. The lowest BCUT2D eigenvalue weighted by Gasteiger charge is -2.33. The molecule has 1 unspecified atom stereocenters. The molecule has 3 aromatic heterocycles. The molecule has 32 heavy (non-hydrogen) atoms. The fraction of sp³-hybridized carbons (Fsp3) is 0.250. The van der Waals surface area contributed by atoms with Gasteiger partial charge in [0.05, 0.1) is 11.9 Å². The van der Waals surface area contributed by atoms with Crippen LogP contribution in [-0.2, 0) is 11.3 Å². The van der Waals surface area contributed by atoms with Crippen LogP contribution in [0.15, 0.2) is 67.1 Å². The van der Waals surface area contributed by atoms with Gasteiger partial charge >= 0.3 is 6.09 Å². The van der Waals surface area contributed by atoms with Gasteiger partial charge < -0.3 is 19.9 Å². The first-order chi connectivity index (χ1) is 15.8. The van der Waals surface area contributed by atoms with Crippen molar-refractivity contribution in [2.45, 2.75) is 25.5 Å². The van der Waals surface area contributed by atoms with Gasteiger partial charge in [0.1, 0.15) is 17.9 Å². The number of carbonyl (C=O) groups excluding carboxylic acids is 1. The van der Waals surface area contributed by atoms with E-state index in [4.69, 9.17) is 9.72 Å². The molecule has 1 aliphatic heterocycles. The molecule has 0 spiro atoms. The van der Waals surface area contributed by atoms with Crippen LogP contribution >= 0.6 is 0 Å². The molecule has 1 atom stereocenters. The number of H-pyrrole nitrogens is 1. The number of ether oxygens (including phenoxy) is 1. The molecule has 0 aliphatic carbocycles. The fourth-order valence-corrected chi connectivity index (χ4v) is 3.95. The number of nitrogens with one attached hydrogen (secondary N) is 2. The molecule has 1 amide bonds. The van der Waals surface area contributed by atoms with Crippen molar-refractivity contribution in [1.29, 1.82) is 0 Å². The molecule has 0 bridgehead atoms. The summed E-state index contributed by atoms with van der Waals surface area (Å²) < 4.78 is 5.51. The average Bonchev–Trinajstić information content (AvgIpc) is 3.32. The van der Waals surface area contributed by atoms with Gasteiger partial charge in [-0.05, 0) is 36.6 Å². The van der Waals surface area contributed by atoms with Crippen molar-refractivity contribution in [3.05, 3.63) is 72.7 Å². The topological polar surface area (TPSA) is 96.0 Å². The van der Waals surface area contributed by atoms with Crippen molar-refractivity contribution in [3.8, 4) is 11.3 Å². The zero-order chi connectivity index (χ0) is 21.8. The summed E-state index contributed by atoms with van der Waals surface area (Å²) in [6, 6.07) is 15.6. The normalized spacial score (nSPS) is 16.1. The van der Waals surface area contributed by atoms with Gasteiger partial charge in [-0.1, -0.05) is 30.3 Å². The van der Waals surface area contributed by atoms with Crippen LogP contribution in [0.1, 0.15) is 18.4 Å². The van der Waals surface area contributed by atoms with Crippen LogP contribution < -0.4 is 5.32 Å². The van der Waals surface area contributed by atoms with E-state index in [1.807, 2.05) is 54.7 Å². The van der Waals surface area contributed by atoms with Crippen LogP contribution in [0.25, 0.3) is 22.4 Å². The Bertz CT molecular complexity index is 1210. The van der Waals surface area contributed by atoms with Gasteiger partial charge in [-0.2, -0.15) is 0 Å². The summed E-state index contributed by atoms with van der Waals surface area (Å²) in [6.07, 6.45) is 6.88. The molecule has 1 fully saturated rings. The Labute approximate surface area is 185 Å². The lowest BCUT2D eigenvalue weighted by atomic mass is 10.1. The van der Waals surface area contributed by atoms with Crippen LogP contribution in [0.5, 0.6) is 0 Å². The second-order valence-corrected chi connectivity index (χ2v) is 7.84. The number of benzene rings is 1. The Kier molecular flexibility index (Phi) is 5.65. The van der Waals surface area contributed by atoms with Crippen molar-refractivity contribution in [2.75, 3.05) is 18.4 Å². The number of anilines is 1. The molecular weight excluding hydrogens is 404 g/mol. The van der Waals surface area contributed by atoms with Crippen molar-refractivity contribution in [3.63, 3.8) is 0 Å². The number of nitrogens with zero attached hydrogens (tertiary/aromatic N) is 4. The van der Waals surface area contributed by atoms with Crippen molar-refractivity contribution in [1.82, 2.24) is 24.8 Å². The number of hydrogen-bond donors (Lipinski definition) is 2. The van der Waals surface area contributed by atoms with Crippen LogP contribution in [0.4, 0.5) is 10.6 Å². The highest BCUT2D eigenvalue weighted by molar-refractivity contribution is 5.78. The largest absolute Gasteiger partial charge is 0.445 e. The first-order valence-corrected chi connectivity index (χ1v) is 10.7. The fourth-order valence-electron chi connectivity index (χ4n) is 3.95. The second-order valence-electron chi connectivity index (χ2n) is 7.84. The van der Waals surface area contributed by atoms with E-state index >= 15 is 0 Å². The van der Waals surface area contributed by atoms with E-state index in [1.165, 1.54) is 0 Å². The lowest BCUT2D eigenvalue weighted by molar-refractivity contribution is 0.0874. The third-order valence-electron chi connectivity index (χ3n) is 5.57. The summed E-state index contributed by atoms with van der Waals surface area (Å²) in [5, 5.41) is 3.51. The maximum absolute atomic E-state index is 12.6. The number of pyridine rings is 1. The minimum atomic E-state index is -0.287. The van der Waals surface area contributed by atoms with E-state index in [0.29, 0.717) is 13.1 Å². The molecule has 1 aliphatic rings. The van der Waals surface area contributed by atoms with Crippen LogP contribution in [0.3, 0.4) is 0 Å². The molecule has 5 rings (SSSR count). The summed E-state index contributed by atoms with van der Waals surface area (Å²) in [5.74, 6) is 0.737. The molecule has 0 saturated carbocycles. The van der Waals surface area contributed by atoms with E-state index in [9.17, 15) is 4.79 Å². The number of carbonyl (C=O) groups is 1. The maximum Gasteiger partial charge on any atom is 0.410 e. The molecule has 4 aromatic rings. The minimum absolute atomic E-state index is 0.0747. The Morgan fingerprint density at radius 2 is 2.06 bits per heavy atom. The number of rotatable bonds is 5. The molecule has 2 N–H and O–H groups in total. The van der Waals surface area contributed by atoms with Crippen LogP contribution in [0, 0.1) is 0 Å². The van der Waals surface area contributed by atoms with Gasteiger partial charge in [0.2, 0.25) is 0 Å². The molecule has 162 valence electrons. The number of amides is 1. The van der Waals surface area contributed by atoms with Gasteiger partial charge in [-0.25, -0.2) is 19.7 Å². The van der Waals surface area contributed by atoms with Crippen molar-refractivity contribution in [2.24, 2.45) is 0 Å². The molecule has 4 heterocycles. The molecule has 1 aromatic carbocycles. The van der Waals surface area contributed by atoms with E-state index in [-0.39, 0.29) is 18.7 Å². The summed E-state index contributed by atoms with van der Waals surface area (Å²) >= 11 is 0. The second kappa shape index (κ2) is 9.05. The number of likely N-dealkylation sites (tertiary alicyclic amines) is 1. The van der Waals surface area contributed by atoms with Crippen molar-refractivity contribution < 1.29 is 9.53 Å². The standard InChI is InChI=1S/C24H24N6O2/c31-24(32-16-17-6-2-1-3-7-17)30-13-5-8-18(15-30)28-22-19(9-4-11-25-22)21-14-27-23-20(29-21)10-12-26-23/h1-4,6-7,9-12,14,18H,5,8,13,15-16H2,(H,25,28)(H,26,27). The summed E-state index contributed by atoms with van der Waals surface area (Å²) in [6.45, 7) is 1.53. The van der Waals surface area contributed by atoms with Gasteiger partial charge in [0.25, 0.3) is 0 Å². The highest BCUT2D eigenvalue weighted by Gasteiger charge is 2.25. The molecule has 0 radical (unpaired) electrons. The summed E-state index contributed by atoms with van der Waals surface area (Å²) in [7, 11) is 0. The van der Waals surface area contributed by atoms with E-state index in [0.717, 1.165) is 46.6 Å². The van der Waals surface area contributed by atoms with Gasteiger partial charge in [0.15, 0.2) is 5.65 Å². The minimum Gasteiger partial charge on any atom is -0.445 e. The molecule has 8 nitrogen and oxygen atoms in total. The Morgan fingerprint density at radius 3 is 2.97 bits per heavy atom. The number of aromatic amines is 1. The zero-order valence-corrected chi connectivity index (χ0v) is 17.6. The van der Waals surface area contributed by atoms with E-state index in [2.05, 4.69) is 20.3 Å². The van der Waals surface area contributed by atoms with Crippen LogP contribution in [0.2, 0.25) is 0 Å². The SMILES string of the molecule is O=C(OCc1ccccc1)N1CCCC(Nc2ncccc2-c2cnc3[nH]ccc3n2)C1. The van der Waals surface area contributed by atoms with Gasteiger partial charge in [-0.15, -0.1) is 0 Å². The molecule has 8 heteroatoms. The smallest absolute Gasteiger partial charge is 0.410 e. The van der Waals surface area contributed by atoms with E-state index < -0.39 is 0 Å². The number of aromatic nitrogens is 4. The van der Waals surface area contributed by atoms with E-state index in [1.54, 1.807) is 17.3 Å². The quantitative estimate of drug-likeness (QED) is 0.494. The maximum atomic E-state index is 12.6. The highest BCUT2D eigenvalue weighted by atomic mass is 16.6. The molecular formula is C24H24N6O2. The Morgan fingerprint density at radius 1 is 1.16 bits per heavy atom. The lowest BCUT2D eigenvalue weighted by Crippen LogP contribution is -2.45. The first kappa shape index (κ1) is 20.0. The van der Waals surface area contributed by atoms with Gasteiger partial charge in [-0.3, -0.25) is 0 Å². The highest BCUT2D eigenvalue weighted by Crippen LogP contribution is 2.27. The summed E-state index contributed by atoms with van der Waals surface area (Å²) in [5.41, 5.74) is 4.17. The molecule has 1 saturated heterocycles. The first-order valence-electron chi connectivity index (χ1n) is 10.7. The number of piperidine rings is 1. The number of hydrogen-bond acceptors (Lipinski definition) is 6. The average molecular weight is 428 g/mol. The Balaban J connectivity index is 1.26. The third kappa shape index (κ3) is 4.39. The monoisotopic (exact) mass is 428 g/mol. The zero-order valence-electron chi connectivity index (χ0n) is 17.6. The summed E-state index contributed by atoms with van der Waals surface area (Å²) in [4.78, 5) is 31.1. The number of fused-ring (bicyclic) bond motifs is 1. The van der Waals surface area contributed by atoms with Crippen molar-refractivity contribution >= 4 is 23.1 Å². The van der Waals surface area contributed by atoms with Gasteiger partial charge in [0, 0.05) is 37.1 Å². The predicted molar refractivity (Wildman–Crippen MR) is 122 cm³/mol. The third-order valence-corrected chi connectivity index (χ3v) is 5.57. The Hall–Kier alpha value is -3.94.